The van der Waals surface area contributed by atoms with E-state index in [2.05, 4.69) is 20.5 Å². The molecule has 1 aromatic carbocycles. The lowest BCUT2D eigenvalue weighted by molar-refractivity contribution is 0.0729. The van der Waals surface area contributed by atoms with E-state index in [0.717, 1.165) is 16.3 Å². The van der Waals surface area contributed by atoms with Crippen LogP contribution in [0.5, 0.6) is 0 Å². The monoisotopic (exact) mass is 436 g/mol. The van der Waals surface area contributed by atoms with Crippen molar-refractivity contribution in [3.05, 3.63) is 75.2 Å². The van der Waals surface area contributed by atoms with E-state index in [9.17, 15) is 9.59 Å². The zero-order valence-electron chi connectivity index (χ0n) is 15.7. The number of nitrogens with zero attached hydrogens (tertiary/aromatic N) is 5. The first-order valence-electron chi connectivity index (χ1n) is 9.28. The van der Waals surface area contributed by atoms with Crippen LogP contribution in [0.25, 0.3) is 5.69 Å². The van der Waals surface area contributed by atoms with Gasteiger partial charge in [-0.3, -0.25) is 14.9 Å². The molecule has 1 aliphatic heterocycles. The number of carbonyl (C=O) groups is 2. The molecule has 4 heterocycles. The van der Waals surface area contributed by atoms with Crippen LogP contribution in [0.15, 0.2) is 54.0 Å². The molecule has 0 aliphatic carbocycles. The van der Waals surface area contributed by atoms with Crippen molar-refractivity contribution in [2.75, 3.05) is 11.9 Å². The number of carbonyl (C=O) groups excluding carboxylic acids is 2. The van der Waals surface area contributed by atoms with Crippen LogP contribution in [0.2, 0.25) is 0 Å². The van der Waals surface area contributed by atoms with Gasteiger partial charge in [-0.15, -0.1) is 16.4 Å². The zero-order chi connectivity index (χ0) is 20.5. The van der Waals surface area contributed by atoms with Crippen molar-refractivity contribution < 1.29 is 9.59 Å². The SMILES string of the molecule is O=C(Nc1nc2c(s1)CN(C(=O)c1cnn(-c3ccccc3)n1)CC2)c1cccs1. The molecule has 10 heteroatoms. The van der Waals surface area contributed by atoms with Gasteiger partial charge in [0.15, 0.2) is 10.8 Å². The van der Waals surface area contributed by atoms with Gasteiger partial charge < -0.3 is 4.90 Å². The number of thiophene rings is 1. The summed E-state index contributed by atoms with van der Waals surface area (Å²) in [7, 11) is 0. The molecule has 3 aromatic heterocycles. The second-order valence-electron chi connectivity index (χ2n) is 6.65. The topological polar surface area (TPSA) is 93.0 Å². The van der Waals surface area contributed by atoms with Gasteiger partial charge in [-0.2, -0.15) is 9.90 Å². The molecule has 0 bridgehead atoms. The van der Waals surface area contributed by atoms with Gasteiger partial charge in [0.2, 0.25) is 0 Å². The van der Waals surface area contributed by atoms with Crippen molar-refractivity contribution >= 4 is 39.6 Å². The van der Waals surface area contributed by atoms with Crippen molar-refractivity contribution in [1.29, 1.82) is 0 Å². The molecular formula is C20H16N6O2S2. The fourth-order valence-electron chi connectivity index (χ4n) is 3.20. The Hall–Kier alpha value is -3.37. The first-order valence-corrected chi connectivity index (χ1v) is 11.0. The number of para-hydroxylation sites is 1. The molecule has 150 valence electrons. The third-order valence-corrected chi connectivity index (χ3v) is 6.55. The summed E-state index contributed by atoms with van der Waals surface area (Å²) in [5.74, 6) is -0.332. The number of hydrogen-bond donors (Lipinski definition) is 1. The van der Waals surface area contributed by atoms with Crippen molar-refractivity contribution in [1.82, 2.24) is 24.9 Å². The van der Waals surface area contributed by atoms with Crippen molar-refractivity contribution in [3.8, 4) is 5.69 Å². The van der Waals surface area contributed by atoms with Crippen LogP contribution in [-0.2, 0) is 13.0 Å². The van der Waals surface area contributed by atoms with Crippen LogP contribution in [0.3, 0.4) is 0 Å². The summed E-state index contributed by atoms with van der Waals surface area (Å²) in [5.41, 5.74) is 2.03. The number of benzene rings is 1. The molecule has 1 aliphatic rings. The highest BCUT2D eigenvalue weighted by atomic mass is 32.1. The molecule has 8 nitrogen and oxygen atoms in total. The predicted molar refractivity (Wildman–Crippen MR) is 114 cm³/mol. The molecular weight excluding hydrogens is 420 g/mol. The lowest BCUT2D eigenvalue weighted by Gasteiger charge is -2.25. The molecule has 5 rings (SSSR count). The number of hydrogen-bond acceptors (Lipinski definition) is 7. The lowest BCUT2D eigenvalue weighted by atomic mass is 10.1. The maximum atomic E-state index is 12.9. The van der Waals surface area contributed by atoms with E-state index < -0.39 is 0 Å². The van der Waals surface area contributed by atoms with E-state index in [0.29, 0.717) is 35.2 Å². The van der Waals surface area contributed by atoms with Gasteiger partial charge in [0, 0.05) is 17.8 Å². The first-order chi connectivity index (χ1) is 14.7. The van der Waals surface area contributed by atoms with Crippen molar-refractivity contribution in [3.63, 3.8) is 0 Å². The van der Waals surface area contributed by atoms with Gasteiger partial charge in [0.1, 0.15) is 0 Å². The van der Waals surface area contributed by atoms with E-state index in [1.54, 1.807) is 11.0 Å². The maximum absolute atomic E-state index is 12.9. The molecule has 0 radical (unpaired) electrons. The lowest BCUT2D eigenvalue weighted by Crippen LogP contribution is -2.35. The quantitative estimate of drug-likeness (QED) is 0.530. The Balaban J connectivity index is 1.29. The highest BCUT2D eigenvalue weighted by Crippen LogP contribution is 2.29. The number of aromatic nitrogens is 4. The number of thiazole rings is 1. The molecule has 0 saturated heterocycles. The summed E-state index contributed by atoms with van der Waals surface area (Å²) in [4.78, 5) is 34.5. The summed E-state index contributed by atoms with van der Waals surface area (Å²) < 4.78 is 0. The molecule has 0 spiro atoms. The number of nitrogens with one attached hydrogen (secondary N) is 1. The highest BCUT2D eigenvalue weighted by molar-refractivity contribution is 7.16. The normalized spacial score (nSPS) is 13.1. The smallest absolute Gasteiger partial charge is 0.276 e. The average molecular weight is 437 g/mol. The van der Waals surface area contributed by atoms with Gasteiger partial charge in [-0.25, -0.2) is 4.98 Å². The third kappa shape index (κ3) is 3.62. The van der Waals surface area contributed by atoms with E-state index in [-0.39, 0.29) is 11.8 Å². The van der Waals surface area contributed by atoms with Gasteiger partial charge in [-0.1, -0.05) is 35.6 Å². The average Bonchev–Trinajstić information content (AvgIpc) is 3.53. The molecule has 0 atom stereocenters. The molecule has 0 unspecified atom stereocenters. The zero-order valence-corrected chi connectivity index (χ0v) is 17.3. The number of rotatable bonds is 4. The predicted octanol–water partition coefficient (Wildman–Crippen LogP) is 3.24. The summed E-state index contributed by atoms with van der Waals surface area (Å²) in [5, 5.41) is 13.8. The maximum Gasteiger partial charge on any atom is 0.276 e. The van der Waals surface area contributed by atoms with E-state index in [1.165, 1.54) is 33.7 Å². The summed E-state index contributed by atoms with van der Waals surface area (Å²) in [6.07, 6.45) is 2.13. The molecule has 2 amide bonds. The second-order valence-corrected chi connectivity index (χ2v) is 8.68. The summed E-state index contributed by atoms with van der Waals surface area (Å²) in [6, 6.07) is 13.1. The minimum absolute atomic E-state index is 0.165. The first kappa shape index (κ1) is 18.6. The van der Waals surface area contributed by atoms with Gasteiger partial charge in [-0.05, 0) is 23.6 Å². The minimum Gasteiger partial charge on any atom is -0.332 e. The Morgan fingerprint density at radius 3 is 2.77 bits per heavy atom. The Morgan fingerprint density at radius 2 is 1.97 bits per heavy atom. The number of anilines is 1. The largest absolute Gasteiger partial charge is 0.332 e. The van der Waals surface area contributed by atoms with Gasteiger partial charge >= 0.3 is 0 Å². The van der Waals surface area contributed by atoms with Crippen LogP contribution in [0.1, 0.15) is 30.7 Å². The Kier molecular flexibility index (Phi) is 4.85. The minimum atomic E-state index is -0.166. The van der Waals surface area contributed by atoms with Crippen molar-refractivity contribution in [2.45, 2.75) is 13.0 Å². The molecule has 4 aromatic rings. The fraction of sp³-hybridized carbons (Fsp3) is 0.150. The summed E-state index contributed by atoms with van der Waals surface area (Å²) >= 11 is 2.79. The number of fused-ring (bicyclic) bond motifs is 1. The Labute approximate surface area is 179 Å². The second kappa shape index (κ2) is 7.81. The Morgan fingerprint density at radius 1 is 1.10 bits per heavy atom. The van der Waals surface area contributed by atoms with E-state index >= 15 is 0 Å². The Bertz CT molecular complexity index is 1200. The standard InChI is InChI=1S/C20H16N6O2S2/c27-18(16-7-4-10-29-16)23-20-22-14-8-9-25(12-17(14)30-20)19(28)15-11-21-26(24-15)13-5-2-1-3-6-13/h1-7,10-11H,8-9,12H2,(H,22,23,27). The van der Waals surface area contributed by atoms with E-state index in [1.807, 2.05) is 41.8 Å². The number of amides is 2. The van der Waals surface area contributed by atoms with Crippen molar-refractivity contribution in [2.24, 2.45) is 0 Å². The summed E-state index contributed by atoms with van der Waals surface area (Å²) in [6.45, 7) is 0.991. The third-order valence-electron chi connectivity index (χ3n) is 4.68. The fourth-order valence-corrected chi connectivity index (χ4v) is 4.84. The van der Waals surface area contributed by atoms with E-state index in [4.69, 9.17) is 0 Å². The van der Waals surface area contributed by atoms with Crippen LogP contribution in [0.4, 0.5) is 5.13 Å². The van der Waals surface area contributed by atoms with Crippen LogP contribution < -0.4 is 5.32 Å². The van der Waals surface area contributed by atoms with Crippen LogP contribution in [0, 0.1) is 0 Å². The molecule has 0 fully saturated rings. The van der Waals surface area contributed by atoms with Crippen LogP contribution >= 0.6 is 22.7 Å². The molecule has 0 saturated carbocycles. The van der Waals surface area contributed by atoms with Gasteiger partial charge in [0.25, 0.3) is 11.8 Å². The van der Waals surface area contributed by atoms with Gasteiger partial charge in [0.05, 0.1) is 29.0 Å². The molecule has 30 heavy (non-hydrogen) atoms. The highest BCUT2D eigenvalue weighted by Gasteiger charge is 2.27. The molecule has 1 N–H and O–H groups in total. The van der Waals surface area contributed by atoms with Crippen LogP contribution in [-0.4, -0.2) is 43.2 Å².